The van der Waals surface area contributed by atoms with E-state index >= 15 is 0 Å². The van der Waals surface area contributed by atoms with E-state index in [4.69, 9.17) is 10.00 Å². The van der Waals surface area contributed by atoms with Gasteiger partial charge in [-0.1, -0.05) is 0 Å². The quantitative estimate of drug-likeness (QED) is 0.887. The molecule has 1 radical (unpaired) electrons. The van der Waals surface area contributed by atoms with Crippen LogP contribution in [0.25, 0.3) is 0 Å². The molecule has 5 heteroatoms. The van der Waals surface area contributed by atoms with Gasteiger partial charge < -0.3 is 15.2 Å². The number of ether oxygens (including phenoxy) is 1. The Kier molecular flexibility index (Phi) is 5.20. The van der Waals surface area contributed by atoms with Crippen LogP contribution in [0.3, 0.4) is 0 Å². The number of phenols is 1. The molecule has 1 aliphatic carbocycles. The highest BCUT2D eigenvalue weighted by Gasteiger charge is 2.17. The van der Waals surface area contributed by atoms with Crippen molar-refractivity contribution in [3.05, 3.63) is 60.0 Å². The Morgan fingerprint density at radius 3 is 2.52 bits per heavy atom. The molecule has 5 nitrogen and oxygen atoms in total. The van der Waals surface area contributed by atoms with E-state index in [1.165, 1.54) is 12.1 Å². The summed E-state index contributed by atoms with van der Waals surface area (Å²) in [5, 5.41) is 21.7. The summed E-state index contributed by atoms with van der Waals surface area (Å²) in [5.74, 6) is 0.645. The van der Waals surface area contributed by atoms with Crippen molar-refractivity contribution in [2.45, 2.75) is 31.7 Å². The van der Waals surface area contributed by atoms with Crippen molar-refractivity contribution in [3.63, 3.8) is 0 Å². The van der Waals surface area contributed by atoms with Crippen LogP contribution in [0, 0.1) is 17.8 Å². The molecule has 1 aliphatic rings. The zero-order chi connectivity index (χ0) is 17.6. The largest absolute Gasteiger partial charge is 0.508 e. The van der Waals surface area contributed by atoms with Gasteiger partial charge in [0.05, 0.1) is 11.6 Å². The van der Waals surface area contributed by atoms with Gasteiger partial charge >= 0.3 is 0 Å². The predicted molar refractivity (Wildman–Crippen MR) is 93.4 cm³/mol. The highest BCUT2D eigenvalue weighted by Crippen LogP contribution is 2.27. The molecule has 1 saturated carbocycles. The number of benzene rings is 2. The first-order valence-electron chi connectivity index (χ1n) is 8.28. The second-order valence-corrected chi connectivity index (χ2v) is 6.07. The topological polar surface area (TPSA) is 82.3 Å². The van der Waals surface area contributed by atoms with Gasteiger partial charge in [0.2, 0.25) is 0 Å². The van der Waals surface area contributed by atoms with Crippen molar-refractivity contribution >= 4 is 5.91 Å². The number of carbonyl (C=O) groups excluding carboxylic acids is 1. The third-order valence-corrected chi connectivity index (χ3v) is 4.15. The van der Waals surface area contributed by atoms with Crippen LogP contribution < -0.4 is 10.1 Å². The summed E-state index contributed by atoms with van der Waals surface area (Å²) in [6, 6.07) is 13.3. The van der Waals surface area contributed by atoms with Crippen molar-refractivity contribution in [1.29, 1.82) is 5.26 Å². The highest BCUT2D eigenvalue weighted by molar-refractivity contribution is 5.95. The van der Waals surface area contributed by atoms with Gasteiger partial charge in [-0.2, -0.15) is 5.26 Å². The van der Waals surface area contributed by atoms with Crippen LogP contribution >= 0.6 is 0 Å². The molecular weight excluding hydrogens is 316 g/mol. The molecule has 0 unspecified atom stereocenters. The van der Waals surface area contributed by atoms with Crippen LogP contribution in [-0.2, 0) is 0 Å². The number of phenolic OH excluding ortho intramolecular Hbond substituents is 1. The Labute approximate surface area is 146 Å². The SMILES string of the molecule is N#Cc1ccc(Oc2cc(O)cc(C(=O)NC3CC[CH]CC3)c2)cc1. The molecule has 127 valence electrons. The van der Waals surface area contributed by atoms with Gasteiger partial charge in [0.25, 0.3) is 5.91 Å². The maximum Gasteiger partial charge on any atom is 0.251 e. The molecule has 2 aromatic rings. The smallest absolute Gasteiger partial charge is 0.251 e. The monoisotopic (exact) mass is 335 g/mol. The van der Waals surface area contributed by atoms with Gasteiger partial charge in [-0.3, -0.25) is 4.79 Å². The zero-order valence-corrected chi connectivity index (χ0v) is 13.7. The van der Waals surface area contributed by atoms with E-state index in [1.54, 1.807) is 30.3 Å². The van der Waals surface area contributed by atoms with E-state index in [9.17, 15) is 9.90 Å². The third kappa shape index (κ3) is 4.51. The van der Waals surface area contributed by atoms with Crippen molar-refractivity contribution in [1.82, 2.24) is 5.32 Å². The number of rotatable bonds is 4. The van der Waals surface area contributed by atoms with Crippen molar-refractivity contribution < 1.29 is 14.6 Å². The molecular formula is C20H19N2O3. The van der Waals surface area contributed by atoms with E-state index in [0.29, 0.717) is 22.6 Å². The Morgan fingerprint density at radius 1 is 1.12 bits per heavy atom. The summed E-state index contributed by atoms with van der Waals surface area (Å²) >= 11 is 0. The van der Waals surface area contributed by atoms with Gasteiger partial charge in [-0.25, -0.2) is 0 Å². The fourth-order valence-electron chi connectivity index (χ4n) is 2.85. The standard InChI is InChI=1S/C20H19N2O3/c21-13-14-6-8-18(9-7-14)25-19-11-15(10-17(23)12-19)20(24)22-16-4-2-1-3-5-16/h1,6-12,16,23H,2-5H2,(H,22,24). The number of nitriles is 1. The van der Waals surface area contributed by atoms with E-state index in [2.05, 4.69) is 11.7 Å². The van der Waals surface area contributed by atoms with Gasteiger partial charge in [0.1, 0.15) is 17.2 Å². The third-order valence-electron chi connectivity index (χ3n) is 4.15. The number of amides is 1. The van der Waals surface area contributed by atoms with Crippen LogP contribution in [0.1, 0.15) is 41.6 Å². The molecule has 0 saturated heterocycles. The van der Waals surface area contributed by atoms with Crippen LogP contribution in [0.4, 0.5) is 0 Å². The van der Waals surface area contributed by atoms with Crippen molar-refractivity contribution in [2.75, 3.05) is 0 Å². The minimum absolute atomic E-state index is 0.0340. The summed E-state index contributed by atoms with van der Waals surface area (Å²) in [6.07, 6.45) is 6.15. The molecule has 2 aromatic carbocycles. The molecule has 1 fully saturated rings. The molecule has 0 atom stereocenters. The van der Waals surface area contributed by atoms with E-state index in [-0.39, 0.29) is 17.7 Å². The van der Waals surface area contributed by atoms with Crippen LogP contribution in [0.5, 0.6) is 17.2 Å². The highest BCUT2D eigenvalue weighted by atomic mass is 16.5. The molecule has 0 aromatic heterocycles. The van der Waals surface area contributed by atoms with Gasteiger partial charge in [0.15, 0.2) is 0 Å². The summed E-state index contributed by atoms with van der Waals surface area (Å²) in [6.45, 7) is 0. The Morgan fingerprint density at radius 2 is 1.84 bits per heavy atom. The van der Waals surface area contributed by atoms with Gasteiger partial charge in [-0.15, -0.1) is 0 Å². The second kappa shape index (κ2) is 7.71. The summed E-state index contributed by atoms with van der Waals surface area (Å²) < 4.78 is 5.69. The van der Waals surface area contributed by atoms with E-state index in [0.717, 1.165) is 25.7 Å². The number of hydrogen-bond acceptors (Lipinski definition) is 4. The molecule has 1 amide bonds. The van der Waals surface area contributed by atoms with Crippen molar-refractivity contribution in [2.24, 2.45) is 0 Å². The summed E-state index contributed by atoms with van der Waals surface area (Å²) in [7, 11) is 0. The van der Waals surface area contributed by atoms with Gasteiger partial charge in [-0.05, 0) is 68.5 Å². The Balaban J connectivity index is 1.72. The molecule has 0 bridgehead atoms. The number of aromatic hydroxyl groups is 1. The predicted octanol–water partition coefficient (Wildman–Crippen LogP) is 3.93. The van der Waals surface area contributed by atoms with Gasteiger partial charge in [0, 0.05) is 17.7 Å². The first kappa shape index (κ1) is 16.8. The average Bonchev–Trinajstić information content (AvgIpc) is 2.63. The zero-order valence-electron chi connectivity index (χ0n) is 13.7. The maximum absolute atomic E-state index is 12.4. The lowest BCUT2D eigenvalue weighted by molar-refractivity contribution is 0.0929. The Bertz CT molecular complexity index is 788. The lowest BCUT2D eigenvalue weighted by Gasteiger charge is -2.22. The molecule has 0 spiro atoms. The second-order valence-electron chi connectivity index (χ2n) is 6.07. The minimum atomic E-state index is -0.215. The lowest BCUT2D eigenvalue weighted by Crippen LogP contribution is -2.36. The number of carbonyl (C=O) groups is 1. The molecule has 0 aliphatic heterocycles. The fourth-order valence-corrected chi connectivity index (χ4v) is 2.85. The minimum Gasteiger partial charge on any atom is -0.508 e. The van der Waals surface area contributed by atoms with E-state index < -0.39 is 0 Å². The first-order chi connectivity index (χ1) is 12.1. The lowest BCUT2D eigenvalue weighted by atomic mass is 9.95. The normalized spacial score (nSPS) is 14.5. The fraction of sp³-hybridized carbons (Fsp3) is 0.250. The summed E-state index contributed by atoms with van der Waals surface area (Å²) in [5.41, 5.74) is 0.895. The van der Waals surface area contributed by atoms with Crippen LogP contribution in [0.2, 0.25) is 0 Å². The number of hydrogen-bond donors (Lipinski definition) is 2. The average molecular weight is 335 g/mol. The molecule has 2 N–H and O–H groups in total. The number of nitrogens with one attached hydrogen (secondary N) is 1. The first-order valence-corrected chi connectivity index (χ1v) is 8.28. The van der Waals surface area contributed by atoms with Crippen LogP contribution in [-0.4, -0.2) is 17.1 Å². The maximum atomic E-state index is 12.4. The molecule has 0 heterocycles. The molecule has 25 heavy (non-hydrogen) atoms. The van der Waals surface area contributed by atoms with Crippen molar-refractivity contribution in [3.8, 4) is 23.3 Å². The van der Waals surface area contributed by atoms with Crippen LogP contribution in [0.15, 0.2) is 42.5 Å². The van der Waals surface area contributed by atoms with E-state index in [1.807, 2.05) is 6.07 Å². The molecule has 3 rings (SSSR count). The number of nitrogens with zero attached hydrogens (tertiary/aromatic N) is 1. The summed E-state index contributed by atoms with van der Waals surface area (Å²) in [4.78, 5) is 12.4. The Hall–Kier alpha value is -3.00.